The van der Waals surface area contributed by atoms with E-state index in [0.717, 1.165) is 57.8 Å². The van der Waals surface area contributed by atoms with Crippen LogP contribution in [0.3, 0.4) is 0 Å². The maximum absolute atomic E-state index is 10.6. The van der Waals surface area contributed by atoms with Crippen molar-refractivity contribution in [2.75, 3.05) is 0 Å². The lowest BCUT2D eigenvalue weighted by Crippen LogP contribution is -2.01. The molecule has 0 aromatic heterocycles. The summed E-state index contributed by atoms with van der Waals surface area (Å²) in [4.78, 5) is 21.1. The van der Waals surface area contributed by atoms with Gasteiger partial charge in [0.05, 0.1) is 0 Å². The zero-order valence-electron chi connectivity index (χ0n) is 14.7. The molecule has 1 rings (SSSR count). The van der Waals surface area contributed by atoms with Crippen molar-refractivity contribution in [3.05, 3.63) is 34.9 Å². The van der Waals surface area contributed by atoms with Crippen LogP contribution in [0.15, 0.2) is 18.2 Å². The van der Waals surface area contributed by atoms with Gasteiger partial charge in [0.15, 0.2) is 0 Å². The molecule has 4 heteroatoms. The first-order valence-electron chi connectivity index (χ1n) is 9.07. The lowest BCUT2D eigenvalue weighted by atomic mass is 9.91. The van der Waals surface area contributed by atoms with Gasteiger partial charge in [-0.25, -0.2) is 0 Å². The Morgan fingerprint density at radius 3 is 1.88 bits per heavy atom. The third kappa shape index (κ3) is 8.14. The van der Waals surface area contributed by atoms with Crippen molar-refractivity contribution in [1.29, 1.82) is 0 Å². The molecule has 0 saturated heterocycles. The fourth-order valence-electron chi connectivity index (χ4n) is 3.10. The minimum atomic E-state index is -0.718. The van der Waals surface area contributed by atoms with Crippen LogP contribution in [0.4, 0.5) is 0 Å². The van der Waals surface area contributed by atoms with Crippen molar-refractivity contribution in [2.45, 2.75) is 77.6 Å². The summed E-state index contributed by atoms with van der Waals surface area (Å²) in [7, 11) is 0. The number of carboxylic acids is 2. The van der Waals surface area contributed by atoms with E-state index in [4.69, 9.17) is 10.2 Å². The fourth-order valence-corrected chi connectivity index (χ4v) is 3.10. The first kappa shape index (κ1) is 20.2. The molecule has 1 aromatic carbocycles. The first-order valence-corrected chi connectivity index (χ1v) is 9.07. The standard InChI is InChI=1S/C20H30O4/c1-2-16-11-9-12-17(10-5-3-7-14-19(21)22)18(16)13-6-4-8-15-20(23)24/h9,11-12H,2-8,10,13-15H2,1H3,(H,21,22)(H,23,24). The van der Waals surface area contributed by atoms with E-state index in [-0.39, 0.29) is 12.8 Å². The summed E-state index contributed by atoms with van der Waals surface area (Å²) in [5.41, 5.74) is 4.19. The van der Waals surface area contributed by atoms with Crippen LogP contribution < -0.4 is 0 Å². The number of aryl methyl sites for hydroxylation is 2. The Balaban J connectivity index is 2.51. The second-order valence-corrected chi connectivity index (χ2v) is 6.32. The monoisotopic (exact) mass is 334 g/mol. The molecule has 4 nitrogen and oxygen atoms in total. The van der Waals surface area contributed by atoms with Crippen molar-refractivity contribution in [3.8, 4) is 0 Å². The number of rotatable bonds is 13. The van der Waals surface area contributed by atoms with Crippen LogP contribution in [0.5, 0.6) is 0 Å². The van der Waals surface area contributed by atoms with Crippen LogP contribution in [-0.4, -0.2) is 22.2 Å². The number of carbonyl (C=O) groups is 2. The number of unbranched alkanes of at least 4 members (excludes halogenated alkanes) is 4. The molecule has 0 spiro atoms. The number of hydrogen-bond donors (Lipinski definition) is 2. The third-order valence-electron chi connectivity index (χ3n) is 4.41. The van der Waals surface area contributed by atoms with Gasteiger partial charge in [-0.05, 0) is 61.6 Å². The zero-order valence-corrected chi connectivity index (χ0v) is 14.7. The van der Waals surface area contributed by atoms with Crippen LogP contribution in [0.2, 0.25) is 0 Å². The summed E-state index contributed by atoms with van der Waals surface area (Å²) >= 11 is 0. The molecule has 0 amide bonds. The van der Waals surface area contributed by atoms with Gasteiger partial charge in [0.2, 0.25) is 0 Å². The molecule has 0 radical (unpaired) electrons. The second-order valence-electron chi connectivity index (χ2n) is 6.32. The number of hydrogen-bond acceptors (Lipinski definition) is 2. The number of benzene rings is 1. The molecular formula is C20H30O4. The molecule has 0 bridgehead atoms. The largest absolute Gasteiger partial charge is 0.481 e. The highest BCUT2D eigenvalue weighted by atomic mass is 16.4. The maximum atomic E-state index is 10.6. The number of aliphatic carboxylic acids is 2. The van der Waals surface area contributed by atoms with E-state index >= 15 is 0 Å². The van der Waals surface area contributed by atoms with Crippen LogP contribution >= 0.6 is 0 Å². The highest BCUT2D eigenvalue weighted by Crippen LogP contribution is 2.21. The van der Waals surface area contributed by atoms with E-state index < -0.39 is 11.9 Å². The van der Waals surface area contributed by atoms with Crippen LogP contribution in [-0.2, 0) is 28.9 Å². The van der Waals surface area contributed by atoms with E-state index in [0.29, 0.717) is 0 Å². The van der Waals surface area contributed by atoms with Crippen LogP contribution in [0.25, 0.3) is 0 Å². The highest BCUT2D eigenvalue weighted by Gasteiger charge is 2.08. The summed E-state index contributed by atoms with van der Waals surface area (Å²) in [5.74, 6) is -1.43. The topological polar surface area (TPSA) is 74.6 Å². The fraction of sp³-hybridized carbons (Fsp3) is 0.600. The minimum absolute atomic E-state index is 0.255. The molecule has 0 aliphatic rings. The molecule has 0 aliphatic heterocycles. The average Bonchev–Trinajstić information content (AvgIpc) is 2.54. The van der Waals surface area contributed by atoms with E-state index in [1.807, 2.05) is 0 Å². The molecule has 0 heterocycles. The first-order chi connectivity index (χ1) is 11.5. The Hall–Kier alpha value is -1.84. The van der Waals surface area contributed by atoms with Crippen LogP contribution in [0, 0.1) is 0 Å². The summed E-state index contributed by atoms with van der Waals surface area (Å²) < 4.78 is 0. The molecule has 0 unspecified atom stereocenters. The van der Waals surface area contributed by atoms with Crippen molar-refractivity contribution < 1.29 is 19.8 Å². The predicted octanol–water partition coefficient (Wildman–Crippen LogP) is 4.62. The Kier molecular flexibility index (Phi) is 9.81. The Morgan fingerprint density at radius 1 is 0.792 bits per heavy atom. The second kappa shape index (κ2) is 11.7. The molecule has 1 aromatic rings. The summed E-state index contributed by atoms with van der Waals surface area (Å²) in [5, 5.41) is 17.4. The van der Waals surface area contributed by atoms with Gasteiger partial charge in [-0.3, -0.25) is 9.59 Å². The van der Waals surface area contributed by atoms with Gasteiger partial charge in [0.25, 0.3) is 0 Å². The number of carboxylic acid groups (broad SMARTS) is 2. The SMILES string of the molecule is CCc1cccc(CCCCCC(=O)O)c1CCCCCC(=O)O. The molecule has 0 aliphatic carbocycles. The lowest BCUT2D eigenvalue weighted by molar-refractivity contribution is -0.138. The maximum Gasteiger partial charge on any atom is 0.303 e. The van der Waals surface area contributed by atoms with E-state index in [9.17, 15) is 9.59 Å². The highest BCUT2D eigenvalue weighted by molar-refractivity contribution is 5.66. The lowest BCUT2D eigenvalue weighted by Gasteiger charge is -2.14. The van der Waals surface area contributed by atoms with Gasteiger partial charge in [-0.15, -0.1) is 0 Å². The molecule has 134 valence electrons. The predicted molar refractivity (Wildman–Crippen MR) is 95.4 cm³/mol. The van der Waals surface area contributed by atoms with Crippen molar-refractivity contribution in [1.82, 2.24) is 0 Å². The van der Waals surface area contributed by atoms with Gasteiger partial charge in [-0.1, -0.05) is 38.0 Å². The third-order valence-corrected chi connectivity index (χ3v) is 4.41. The minimum Gasteiger partial charge on any atom is -0.481 e. The summed E-state index contributed by atoms with van der Waals surface area (Å²) in [6.45, 7) is 2.17. The molecule has 2 N–H and O–H groups in total. The zero-order chi connectivity index (χ0) is 17.8. The van der Waals surface area contributed by atoms with Crippen molar-refractivity contribution >= 4 is 11.9 Å². The van der Waals surface area contributed by atoms with Crippen molar-refractivity contribution in [2.24, 2.45) is 0 Å². The quantitative estimate of drug-likeness (QED) is 0.516. The van der Waals surface area contributed by atoms with Gasteiger partial charge in [-0.2, -0.15) is 0 Å². The van der Waals surface area contributed by atoms with Gasteiger partial charge >= 0.3 is 11.9 Å². The summed E-state index contributed by atoms with van der Waals surface area (Å²) in [6.07, 6.45) is 8.95. The Bertz CT molecular complexity index is 522. The molecule has 0 saturated carbocycles. The van der Waals surface area contributed by atoms with Crippen molar-refractivity contribution in [3.63, 3.8) is 0 Å². The smallest absolute Gasteiger partial charge is 0.303 e. The van der Waals surface area contributed by atoms with E-state index in [1.165, 1.54) is 16.7 Å². The van der Waals surface area contributed by atoms with E-state index in [2.05, 4.69) is 25.1 Å². The molecule has 24 heavy (non-hydrogen) atoms. The van der Waals surface area contributed by atoms with Gasteiger partial charge < -0.3 is 10.2 Å². The van der Waals surface area contributed by atoms with E-state index in [1.54, 1.807) is 0 Å². The Labute approximate surface area is 144 Å². The molecule has 0 fully saturated rings. The summed E-state index contributed by atoms with van der Waals surface area (Å²) in [6, 6.07) is 6.47. The van der Waals surface area contributed by atoms with Gasteiger partial charge in [0, 0.05) is 12.8 Å². The van der Waals surface area contributed by atoms with Gasteiger partial charge in [0.1, 0.15) is 0 Å². The molecule has 0 atom stereocenters. The normalized spacial score (nSPS) is 10.7. The average molecular weight is 334 g/mol. The molecular weight excluding hydrogens is 304 g/mol. The Morgan fingerprint density at radius 2 is 1.33 bits per heavy atom. The van der Waals surface area contributed by atoms with Crippen LogP contribution in [0.1, 0.15) is 75.0 Å².